The summed E-state index contributed by atoms with van der Waals surface area (Å²) in [5.74, 6) is 0.725. The second kappa shape index (κ2) is 5.19. The number of methoxy groups -OCH3 is 1. The summed E-state index contributed by atoms with van der Waals surface area (Å²) in [7, 11) is 1.61. The first-order valence-electron chi connectivity index (χ1n) is 5.57. The lowest BCUT2D eigenvalue weighted by Crippen LogP contribution is -1.99. The molecule has 0 amide bonds. The van der Waals surface area contributed by atoms with Gasteiger partial charge < -0.3 is 15.8 Å². The van der Waals surface area contributed by atoms with E-state index in [4.69, 9.17) is 22.1 Å². The molecule has 0 aromatic heterocycles. The Balaban J connectivity index is 2.34. The molecular weight excluding hydrogens is 248 g/mol. The number of halogens is 1. The molecule has 0 bridgehead atoms. The number of aryl methyl sites for hydroxylation is 1. The van der Waals surface area contributed by atoms with Gasteiger partial charge in [0.2, 0.25) is 0 Å². The molecule has 2 aromatic carbocycles. The van der Waals surface area contributed by atoms with E-state index in [0.717, 1.165) is 22.7 Å². The zero-order valence-electron chi connectivity index (χ0n) is 10.3. The van der Waals surface area contributed by atoms with E-state index in [1.807, 2.05) is 37.3 Å². The summed E-state index contributed by atoms with van der Waals surface area (Å²) in [4.78, 5) is 0. The molecule has 3 N–H and O–H groups in total. The van der Waals surface area contributed by atoms with Crippen molar-refractivity contribution >= 4 is 28.7 Å². The second-order valence-electron chi connectivity index (χ2n) is 4.01. The Morgan fingerprint density at radius 2 is 2.00 bits per heavy atom. The largest absolute Gasteiger partial charge is 0.497 e. The van der Waals surface area contributed by atoms with Crippen molar-refractivity contribution in [2.45, 2.75) is 6.92 Å². The van der Waals surface area contributed by atoms with Gasteiger partial charge in [0.15, 0.2) is 0 Å². The molecule has 3 nitrogen and oxygen atoms in total. The van der Waals surface area contributed by atoms with E-state index >= 15 is 0 Å². The third-order valence-corrected chi connectivity index (χ3v) is 3.05. The summed E-state index contributed by atoms with van der Waals surface area (Å²) in [6, 6.07) is 11.3. The van der Waals surface area contributed by atoms with Crippen molar-refractivity contribution in [2.75, 3.05) is 18.2 Å². The van der Waals surface area contributed by atoms with E-state index in [0.29, 0.717) is 10.7 Å². The van der Waals surface area contributed by atoms with Gasteiger partial charge in [0.25, 0.3) is 0 Å². The molecule has 0 atom stereocenters. The Morgan fingerprint density at radius 1 is 1.22 bits per heavy atom. The lowest BCUT2D eigenvalue weighted by atomic mass is 10.1. The quantitative estimate of drug-likeness (QED) is 0.823. The molecule has 0 radical (unpaired) electrons. The number of ether oxygens (including phenoxy) is 1. The molecule has 2 aromatic rings. The Kier molecular flexibility index (Phi) is 3.63. The van der Waals surface area contributed by atoms with Crippen LogP contribution in [-0.4, -0.2) is 7.11 Å². The number of hydrogen-bond acceptors (Lipinski definition) is 3. The molecule has 0 heterocycles. The molecule has 0 spiro atoms. The summed E-state index contributed by atoms with van der Waals surface area (Å²) in [6.45, 7) is 2.00. The number of rotatable bonds is 3. The average Bonchev–Trinajstić information content (AvgIpc) is 2.35. The van der Waals surface area contributed by atoms with E-state index in [2.05, 4.69) is 5.32 Å². The predicted octanol–water partition coefficient (Wildman–Crippen LogP) is 3.98. The summed E-state index contributed by atoms with van der Waals surface area (Å²) in [5, 5.41) is 3.84. The van der Waals surface area contributed by atoms with Crippen molar-refractivity contribution in [3.8, 4) is 5.75 Å². The third kappa shape index (κ3) is 2.51. The van der Waals surface area contributed by atoms with Crippen LogP contribution in [0.3, 0.4) is 0 Å². The summed E-state index contributed by atoms with van der Waals surface area (Å²) in [6.07, 6.45) is 0. The van der Waals surface area contributed by atoms with Gasteiger partial charge in [-0.05, 0) is 30.7 Å². The summed E-state index contributed by atoms with van der Waals surface area (Å²) < 4.78 is 5.11. The standard InChI is InChI=1S/C14H15ClN2O/c1-9-4-3-5-12(16)14(9)17-13-7-6-10(18-2)8-11(13)15/h3-8,17H,16H2,1-2H3. The molecule has 94 valence electrons. The molecule has 0 saturated heterocycles. The van der Waals surface area contributed by atoms with E-state index < -0.39 is 0 Å². The molecule has 0 aliphatic carbocycles. The first-order valence-corrected chi connectivity index (χ1v) is 5.95. The smallest absolute Gasteiger partial charge is 0.120 e. The van der Waals surface area contributed by atoms with Crippen molar-refractivity contribution in [1.29, 1.82) is 0 Å². The van der Waals surface area contributed by atoms with Crippen molar-refractivity contribution in [2.24, 2.45) is 0 Å². The number of benzene rings is 2. The van der Waals surface area contributed by atoms with Crippen LogP contribution >= 0.6 is 11.6 Å². The zero-order chi connectivity index (χ0) is 13.1. The minimum atomic E-state index is 0.594. The SMILES string of the molecule is COc1ccc(Nc2c(C)cccc2N)c(Cl)c1. The number of anilines is 3. The fraction of sp³-hybridized carbons (Fsp3) is 0.143. The van der Waals surface area contributed by atoms with Crippen LogP contribution < -0.4 is 15.8 Å². The lowest BCUT2D eigenvalue weighted by molar-refractivity contribution is 0.415. The highest BCUT2D eigenvalue weighted by molar-refractivity contribution is 6.33. The van der Waals surface area contributed by atoms with Crippen LogP contribution in [0.2, 0.25) is 5.02 Å². The summed E-state index contributed by atoms with van der Waals surface area (Å²) >= 11 is 6.18. The molecule has 2 rings (SSSR count). The van der Waals surface area contributed by atoms with Crippen LogP contribution in [-0.2, 0) is 0 Å². The average molecular weight is 263 g/mol. The van der Waals surface area contributed by atoms with Gasteiger partial charge in [0.05, 0.1) is 29.2 Å². The Labute approximate surface area is 112 Å². The monoisotopic (exact) mass is 262 g/mol. The van der Waals surface area contributed by atoms with Crippen molar-refractivity contribution < 1.29 is 4.74 Å². The maximum absolute atomic E-state index is 6.18. The van der Waals surface area contributed by atoms with Gasteiger partial charge in [-0.15, -0.1) is 0 Å². The van der Waals surface area contributed by atoms with Crippen LogP contribution in [0.5, 0.6) is 5.75 Å². The maximum Gasteiger partial charge on any atom is 0.120 e. The number of nitrogen functional groups attached to an aromatic ring is 1. The van der Waals surface area contributed by atoms with Gasteiger partial charge in [-0.1, -0.05) is 23.7 Å². The Morgan fingerprint density at radius 3 is 2.61 bits per heavy atom. The number of para-hydroxylation sites is 1. The molecule has 4 heteroatoms. The van der Waals surface area contributed by atoms with Gasteiger partial charge in [-0.25, -0.2) is 0 Å². The number of nitrogens with two attached hydrogens (primary N) is 1. The highest BCUT2D eigenvalue weighted by atomic mass is 35.5. The first-order chi connectivity index (χ1) is 8.61. The third-order valence-electron chi connectivity index (χ3n) is 2.74. The van der Waals surface area contributed by atoms with Crippen LogP contribution in [0.1, 0.15) is 5.56 Å². The van der Waals surface area contributed by atoms with Gasteiger partial charge >= 0.3 is 0 Å². The van der Waals surface area contributed by atoms with Crippen molar-refractivity contribution in [1.82, 2.24) is 0 Å². The second-order valence-corrected chi connectivity index (χ2v) is 4.42. The highest BCUT2D eigenvalue weighted by Gasteiger charge is 2.06. The van der Waals surface area contributed by atoms with E-state index in [1.54, 1.807) is 13.2 Å². The molecule has 18 heavy (non-hydrogen) atoms. The molecule has 0 saturated carbocycles. The maximum atomic E-state index is 6.18. The Hall–Kier alpha value is -1.87. The van der Waals surface area contributed by atoms with Gasteiger partial charge in [-0.2, -0.15) is 0 Å². The molecule has 0 unspecified atom stereocenters. The molecular formula is C14H15ClN2O. The van der Waals surface area contributed by atoms with Crippen LogP contribution in [0, 0.1) is 6.92 Å². The van der Waals surface area contributed by atoms with Crippen LogP contribution in [0.15, 0.2) is 36.4 Å². The fourth-order valence-corrected chi connectivity index (χ4v) is 1.94. The highest BCUT2D eigenvalue weighted by Crippen LogP contribution is 2.32. The van der Waals surface area contributed by atoms with E-state index in [9.17, 15) is 0 Å². The minimum absolute atomic E-state index is 0.594. The van der Waals surface area contributed by atoms with Gasteiger partial charge in [0, 0.05) is 6.07 Å². The summed E-state index contributed by atoms with van der Waals surface area (Å²) in [5.41, 5.74) is 9.40. The fourth-order valence-electron chi connectivity index (χ4n) is 1.72. The van der Waals surface area contributed by atoms with E-state index in [1.165, 1.54) is 0 Å². The minimum Gasteiger partial charge on any atom is -0.497 e. The van der Waals surface area contributed by atoms with Gasteiger partial charge in [0.1, 0.15) is 5.75 Å². The van der Waals surface area contributed by atoms with Crippen molar-refractivity contribution in [3.05, 3.63) is 47.0 Å². The van der Waals surface area contributed by atoms with Crippen LogP contribution in [0.25, 0.3) is 0 Å². The number of hydrogen-bond donors (Lipinski definition) is 2. The normalized spacial score (nSPS) is 10.2. The molecule has 0 aliphatic rings. The topological polar surface area (TPSA) is 47.3 Å². The molecule has 0 aliphatic heterocycles. The number of nitrogens with one attached hydrogen (secondary N) is 1. The Bertz CT molecular complexity index is 549. The molecule has 0 fully saturated rings. The van der Waals surface area contributed by atoms with Crippen molar-refractivity contribution in [3.63, 3.8) is 0 Å². The predicted molar refractivity (Wildman–Crippen MR) is 76.9 cm³/mol. The van der Waals surface area contributed by atoms with Gasteiger partial charge in [-0.3, -0.25) is 0 Å². The first kappa shape index (κ1) is 12.6. The lowest BCUT2D eigenvalue weighted by Gasteiger charge is -2.14. The van der Waals surface area contributed by atoms with Crippen LogP contribution in [0.4, 0.5) is 17.1 Å². The van der Waals surface area contributed by atoms with E-state index in [-0.39, 0.29) is 0 Å². The zero-order valence-corrected chi connectivity index (χ0v) is 11.1.